The Morgan fingerprint density at radius 2 is 2.10 bits per heavy atom. The third-order valence-corrected chi connectivity index (χ3v) is 4.31. The average molecular weight is 295 g/mol. The molecule has 108 valence electrons. The van der Waals surface area contributed by atoms with Gasteiger partial charge in [0.15, 0.2) is 5.82 Å². The molecule has 1 heterocycles. The van der Waals surface area contributed by atoms with Crippen molar-refractivity contribution in [2.45, 2.75) is 42.9 Å². The van der Waals surface area contributed by atoms with Gasteiger partial charge < -0.3 is 10.3 Å². The average Bonchev–Trinajstić information content (AvgIpc) is 2.94. The van der Waals surface area contributed by atoms with Crippen LogP contribution >= 0.6 is 11.8 Å². The second kappa shape index (κ2) is 6.37. The van der Waals surface area contributed by atoms with Gasteiger partial charge in [0.1, 0.15) is 5.82 Å². The van der Waals surface area contributed by atoms with Crippen molar-refractivity contribution in [3.05, 3.63) is 41.8 Å². The van der Waals surface area contributed by atoms with Crippen molar-refractivity contribution in [1.29, 1.82) is 0 Å². The van der Waals surface area contributed by atoms with Crippen LogP contribution in [0.4, 0.5) is 4.39 Å². The second-order valence-electron chi connectivity index (χ2n) is 4.63. The highest BCUT2D eigenvalue weighted by Crippen LogP contribution is 2.26. The fraction of sp³-hybridized carbons (Fsp3) is 0.429. The summed E-state index contributed by atoms with van der Waals surface area (Å²) in [7, 11) is 0. The summed E-state index contributed by atoms with van der Waals surface area (Å²) in [5, 5.41) is 3.94. The number of nitrogens with zero attached hydrogens (tertiary/aromatic N) is 2. The van der Waals surface area contributed by atoms with Crippen LogP contribution in [0.1, 0.15) is 38.4 Å². The van der Waals surface area contributed by atoms with Crippen LogP contribution in [0.3, 0.4) is 0 Å². The molecule has 0 fully saturated rings. The van der Waals surface area contributed by atoms with Crippen molar-refractivity contribution in [2.75, 3.05) is 0 Å². The number of benzene rings is 1. The first-order valence-electron chi connectivity index (χ1n) is 6.57. The summed E-state index contributed by atoms with van der Waals surface area (Å²) in [5.41, 5.74) is 5.64. The van der Waals surface area contributed by atoms with Gasteiger partial charge in [-0.2, -0.15) is 4.98 Å². The number of halogens is 1. The van der Waals surface area contributed by atoms with Gasteiger partial charge in [-0.3, -0.25) is 0 Å². The van der Waals surface area contributed by atoms with Gasteiger partial charge in [-0.05, 0) is 31.0 Å². The maximum absolute atomic E-state index is 13.1. The van der Waals surface area contributed by atoms with Gasteiger partial charge in [0.05, 0.1) is 11.3 Å². The van der Waals surface area contributed by atoms with E-state index < -0.39 is 5.54 Å². The molecule has 0 aliphatic carbocycles. The van der Waals surface area contributed by atoms with E-state index in [-0.39, 0.29) is 5.82 Å². The Morgan fingerprint density at radius 1 is 1.35 bits per heavy atom. The first kappa shape index (κ1) is 15.0. The highest BCUT2D eigenvalue weighted by atomic mass is 32.2. The van der Waals surface area contributed by atoms with Gasteiger partial charge in [-0.1, -0.05) is 25.1 Å². The van der Waals surface area contributed by atoms with Crippen molar-refractivity contribution in [1.82, 2.24) is 10.1 Å². The van der Waals surface area contributed by atoms with Crippen molar-refractivity contribution in [3.63, 3.8) is 0 Å². The van der Waals surface area contributed by atoms with Gasteiger partial charge >= 0.3 is 0 Å². The lowest BCUT2D eigenvalue weighted by Gasteiger charge is -2.20. The van der Waals surface area contributed by atoms with Gasteiger partial charge in [0, 0.05) is 4.90 Å². The number of rotatable bonds is 6. The molecule has 0 atom stereocenters. The van der Waals surface area contributed by atoms with Crippen molar-refractivity contribution in [3.8, 4) is 0 Å². The first-order valence-corrected chi connectivity index (χ1v) is 7.56. The molecule has 0 saturated carbocycles. The number of nitrogens with two attached hydrogens (primary N) is 1. The van der Waals surface area contributed by atoms with Crippen LogP contribution in [-0.4, -0.2) is 10.1 Å². The lowest BCUT2D eigenvalue weighted by molar-refractivity contribution is 0.267. The van der Waals surface area contributed by atoms with E-state index in [1.165, 1.54) is 23.9 Å². The van der Waals surface area contributed by atoms with E-state index in [9.17, 15) is 4.39 Å². The summed E-state index contributed by atoms with van der Waals surface area (Å²) in [4.78, 5) is 5.18. The monoisotopic (exact) mass is 295 g/mol. The zero-order valence-corrected chi connectivity index (χ0v) is 12.4. The van der Waals surface area contributed by atoms with E-state index in [1.54, 1.807) is 6.07 Å². The molecule has 0 saturated heterocycles. The maximum Gasteiger partial charge on any atom is 0.246 e. The molecule has 1 aromatic carbocycles. The van der Waals surface area contributed by atoms with Gasteiger partial charge in [-0.25, -0.2) is 4.39 Å². The molecule has 1 aromatic heterocycles. The Hall–Kier alpha value is -1.40. The topological polar surface area (TPSA) is 64.9 Å². The largest absolute Gasteiger partial charge is 0.337 e. The van der Waals surface area contributed by atoms with Crippen LogP contribution in [0.2, 0.25) is 0 Å². The standard InChI is InChI=1S/C14H18FN3OS/c1-3-14(16,4-2)13-17-12(18-19-13)9-20-11-7-5-6-10(15)8-11/h5-8H,3-4,9,16H2,1-2H3. The minimum absolute atomic E-state index is 0.248. The zero-order valence-electron chi connectivity index (χ0n) is 11.6. The van der Waals surface area contributed by atoms with Crippen molar-refractivity contribution >= 4 is 11.8 Å². The molecule has 0 unspecified atom stereocenters. The van der Waals surface area contributed by atoms with Crippen LogP contribution in [0.25, 0.3) is 0 Å². The summed E-state index contributed by atoms with van der Waals surface area (Å²) >= 11 is 1.46. The Morgan fingerprint density at radius 3 is 2.75 bits per heavy atom. The smallest absolute Gasteiger partial charge is 0.246 e. The van der Waals surface area contributed by atoms with Gasteiger partial charge in [0.25, 0.3) is 0 Å². The van der Waals surface area contributed by atoms with Crippen LogP contribution in [0, 0.1) is 5.82 Å². The molecule has 0 radical (unpaired) electrons. The Labute approximate surface area is 121 Å². The van der Waals surface area contributed by atoms with Crippen molar-refractivity contribution in [2.24, 2.45) is 5.73 Å². The van der Waals surface area contributed by atoms with Crippen LogP contribution in [0.5, 0.6) is 0 Å². The summed E-state index contributed by atoms with van der Waals surface area (Å²) in [6, 6.07) is 6.43. The molecular formula is C14H18FN3OS. The first-order chi connectivity index (χ1) is 9.57. The quantitative estimate of drug-likeness (QED) is 0.827. The van der Waals surface area contributed by atoms with E-state index >= 15 is 0 Å². The summed E-state index contributed by atoms with van der Waals surface area (Å²) in [6.07, 6.45) is 1.48. The maximum atomic E-state index is 13.1. The van der Waals surface area contributed by atoms with Gasteiger partial charge in [-0.15, -0.1) is 11.8 Å². The molecule has 0 bridgehead atoms. The fourth-order valence-corrected chi connectivity index (χ4v) is 2.56. The molecule has 6 heteroatoms. The van der Waals surface area contributed by atoms with E-state index in [0.29, 0.717) is 17.5 Å². The van der Waals surface area contributed by atoms with Crippen LogP contribution in [0.15, 0.2) is 33.7 Å². The lowest BCUT2D eigenvalue weighted by atomic mass is 9.94. The number of thioether (sulfide) groups is 1. The summed E-state index contributed by atoms with van der Waals surface area (Å²) < 4.78 is 18.3. The van der Waals surface area contributed by atoms with Crippen LogP contribution < -0.4 is 5.73 Å². The highest BCUT2D eigenvalue weighted by molar-refractivity contribution is 7.98. The van der Waals surface area contributed by atoms with Crippen LogP contribution in [-0.2, 0) is 11.3 Å². The van der Waals surface area contributed by atoms with E-state index in [4.69, 9.17) is 10.3 Å². The number of hydrogen-bond donors (Lipinski definition) is 1. The molecule has 0 aliphatic heterocycles. The normalized spacial score (nSPS) is 11.8. The molecule has 2 aromatic rings. The van der Waals surface area contributed by atoms with E-state index in [1.807, 2.05) is 19.9 Å². The number of aromatic nitrogens is 2. The molecule has 20 heavy (non-hydrogen) atoms. The van der Waals surface area contributed by atoms with E-state index in [2.05, 4.69) is 10.1 Å². The minimum atomic E-state index is -0.561. The predicted molar refractivity (Wildman–Crippen MR) is 76.7 cm³/mol. The molecule has 4 nitrogen and oxygen atoms in total. The third kappa shape index (κ3) is 3.37. The highest BCUT2D eigenvalue weighted by Gasteiger charge is 2.29. The molecule has 0 aliphatic rings. The molecule has 2 N–H and O–H groups in total. The van der Waals surface area contributed by atoms with Gasteiger partial charge in [0.2, 0.25) is 5.89 Å². The minimum Gasteiger partial charge on any atom is -0.337 e. The Kier molecular flexibility index (Phi) is 4.77. The SMILES string of the molecule is CCC(N)(CC)c1nc(CSc2cccc(F)c2)no1. The molecular weight excluding hydrogens is 277 g/mol. The predicted octanol–water partition coefficient (Wildman–Crippen LogP) is 3.48. The number of hydrogen-bond acceptors (Lipinski definition) is 5. The Bertz CT molecular complexity index is 569. The third-order valence-electron chi connectivity index (χ3n) is 3.32. The molecule has 0 spiro atoms. The lowest BCUT2D eigenvalue weighted by Crippen LogP contribution is -2.35. The van der Waals surface area contributed by atoms with E-state index in [0.717, 1.165) is 17.7 Å². The molecule has 0 amide bonds. The Balaban J connectivity index is 2.03. The fourth-order valence-electron chi connectivity index (χ4n) is 1.77. The zero-order chi connectivity index (χ0) is 14.6. The summed E-state index contributed by atoms with van der Waals surface area (Å²) in [6.45, 7) is 3.99. The second-order valence-corrected chi connectivity index (χ2v) is 5.67. The summed E-state index contributed by atoms with van der Waals surface area (Å²) in [5.74, 6) is 1.32. The molecule has 2 rings (SSSR count). The van der Waals surface area contributed by atoms with Crippen molar-refractivity contribution < 1.29 is 8.91 Å².